The fraction of sp³-hybridized carbons (Fsp3) is 0.615. The lowest BCUT2D eigenvalue weighted by atomic mass is 10.2. The SMILES string of the molecule is CCn1c(=O)c2[nH]c(C(C)N)nc2n(CC(C)C)c1=O. The van der Waals surface area contributed by atoms with E-state index in [0.717, 1.165) is 0 Å². The van der Waals surface area contributed by atoms with Gasteiger partial charge in [-0.2, -0.15) is 0 Å². The molecular formula is C13H21N5O2. The van der Waals surface area contributed by atoms with Crippen LogP contribution in [-0.2, 0) is 13.1 Å². The highest BCUT2D eigenvalue weighted by Crippen LogP contribution is 2.11. The Kier molecular flexibility index (Phi) is 3.80. The largest absolute Gasteiger partial charge is 0.335 e. The summed E-state index contributed by atoms with van der Waals surface area (Å²) in [7, 11) is 0. The minimum absolute atomic E-state index is 0.272. The van der Waals surface area contributed by atoms with Crippen molar-refractivity contribution < 1.29 is 0 Å². The predicted octanol–water partition coefficient (Wildman–Crippen LogP) is 0.582. The molecule has 0 spiro atoms. The van der Waals surface area contributed by atoms with Gasteiger partial charge in [-0.15, -0.1) is 0 Å². The second-order valence-corrected chi connectivity index (χ2v) is 5.45. The lowest BCUT2D eigenvalue weighted by Crippen LogP contribution is -2.40. The highest BCUT2D eigenvalue weighted by atomic mass is 16.2. The maximum Gasteiger partial charge on any atom is 0.332 e. The van der Waals surface area contributed by atoms with Crippen molar-refractivity contribution in [1.82, 2.24) is 19.1 Å². The zero-order chi connectivity index (χ0) is 15.0. The summed E-state index contributed by atoms with van der Waals surface area (Å²) in [6.07, 6.45) is 0. The quantitative estimate of drug-likeness (QED) is 0.855. The van der Waals surface area contributed by atoms with E-state index < -0.39 is 0 Å². The Labute approximate surface area is 116 Å². The molecule has 0 saturated carbocycles. The lowest BCUT2D eigenvalue weighted by Gasteiger charge is -2.11. The van der Waals surface area contributed by atoms with Crippen molar-refractivity contribution in [2.24, 2.45) is 11.7 Å². The molecule has 2 aromatic rings. The van der Waals surface area contributed by atoms with Crippen LogP contribution < -0.4 is 17.0 Å². The van der Waals surface area contributed by atoms with Crippen LogP contribution >= 0.6 is 0 Å². The van der Waals surface area contributed by atoms with Gasteiger partial charge in [-0.1, -0.05) is 13.8 Å². The van der Waals surface area contributed by atoms with Gasteiger partial charge in [0.25, 0.3) is 5.56 Å². The smallest absolute Gasteiger partial charge is 0.332 e. The van der Waals surface area contributed by atoms with Gasteiger partial charge >= 0.3 is 5.69 Å². The van der Waals surface area contributed by atoms with Crippen molar-refractivity contribution in [3.05, 3.63) is 26.7 Å². The Morgan fingerprint density at radius 3 is 2.40 bits per heavy atom. The molecule has 7 nitrogen and oxygen atoms in total. The summed E-state index contributed by atoms with van der Waals surface area (Å²) in [6.45, 7) is 8.42. The number of aromatic amines is 1. The van der Waals surface area contributed by atoms with E-state index >= 15 is 0 Å². The molecule has 2 aromatic heterocycles. The topological polar surface area (TPSA) is 98.7 Å². The first-order chi connectivity index (χ1) is 9.36. The highest BCUT2D eigenvalue weighted by Gasteiger charge is 2.18. The summed E-state index contributed by atoms with van der Waals surface area (Å²) in [4.78, 5) is 32.0. The number of aromatic nitrogens is 4. The third-order valence-corrected chi connectivity index (χ3v) is 3.17. The van der Waals surface area contributed by atoms with Crippen LogP contribution in [0, 0.1) is 5.92 Å². The number of hydrogen-bond acceptors (Lipinski definition) is 4. The van der Waals surface area contributed by atoms with Gasteiger partial charge in [-0.25, -0.2) is 9.78 Å². The van der Waals surface area contributed by atoms with E-state index in [1.54, 1.807) is 18.4 Å². The van der Waals surface area contributed by atoms with Gasteiger partial charge in [0.1, 0.15) is 11.3 Å². The summed E-state index contributed by atoms with van der Waals surface area (Å²) < 4.78 is 2.77. The second kappa shape index (κ2) is 5.24. The van der Waals surface area contributed by atoms with Gasteiger partial charge < -0.3 is 10.7 Å². The Bertz CT molecular complexity index is 736. The van der Waals surface area contributed by atoms with Crippen LogP contribution in [0.3, 0.4) is 0 Å². The molecule has 0 radical (unpaired) electrons. The second-order valence-electron chi connectivity index (χ2n) is 5.45. The Morgan fingerprint density at radius 2 is 1.90 bits per heavy atom. The van der Waals surface area contributed by atoms with E-state index in [1.807, 2.05) is 13.8 Å². The van der Waals surface area contributed by atoms with Crippen molar-refractivity contribution in [3.63, 3.8) is 0 Å². The van der Waals surface area contributed by atoms with Crippen LogP contribution in [-0.4, -0.2) is 19.1 Å². The zero-order valence-corrected chi connectivity index (χ0v) is 12.3. The third-order valence-electron chi connectivity index (χ3n) is 3.17. The minimum Gasteiger partial charge on any atom is -0.335 e. The molecule has 2 heterocycles. The van der Waals surface area contributed by atoms with Crippen molar-refractivity contribution in [2.75, 3.05) is 0 Å². The Balaban J connectivity index is 2.87. The summed E-state index contributed by atoms with van der Waals surface area (Å²) >= 11 is 0. The molecule has 0 aliphatic carbocycles. The molecule has 0 fully saturated rings. The number of nitrogens with one attached hydrogen (secondary N) is 1. The van der Waals surface area contributed by atoms with Gasteiger partial charge in [-0.3, -0.25) is 13.9 Å². The Hall–Kier alpha value is -1.89. The molecular weight excluding hydrogens is 258 g/mol. The average Bonchev–Trinajstić information content (AvgIpc) is 2.80. The molecule has 1 atom stereocenters. The monoisotopic (exact) mass is 279 g/mol. The first-order valence-electron chi connectivity index (χ1n) is 6.85. The van der Waals surface area contributed by atoms with E-state index in [1.165, 1.54) is 4.57 Å². The molecule has 0 bridgehead atoms. The van der Waals surface area contributed by atoms with Gasteiger partial charge in [0, 0.05) is 13.1 Å². The summed E-state index contributed by atoms with van der Waals surface area (Å²) in [5.74, 6) is 0.789. The van der Waals surface area contributed by atoms with Crippen LogP contribution in [0.5, 0.6) is 0 Å². The predicted molar refractivity (Wildman–Crippen MR) is 77.7 cm³/mol. The Morgan fingerprint density at radius 1 is 1.25 bits per heavy atom. The highest BCUT2D eigenvalue weighted by molar-refractivity contribution is 5.70. The van der Waals surface area contributed by atoms with Crippen molar-refractivity contribution >= 4 is 11.2 Å². The molecule has 0 aromatic carbocycles. The molecule has 0 aliphatic heterocycles. The van der Waals surface area contributed by atoms with Crippen LogP contribution in [0.15, 0.2) is 9.59 Å². The number of fused-ring (bicyclic) bond motifs is 1. The first-order valence-corrected chi connectivity index (χ1v) is 6.85. The van der Waals surface area contributed by atoms with E-state index in [2.05, 4.69) is 9.97 Å². The third kappa shape index (κ3) is 2.29. The molecule has 110 valence electrons. The normalized spacial score (nSPS) is 13.3. The maximum absolute atomic E-state index is 12.4. The fourth-order valence-corrected chi connectivity index (χ4v) is 2.21. The van der Waals surface area contributed by atoms with Crippen molar-refractivity contribution in [1.29, 1.82) is 0 Å². The zero-order valence-electron chi connectivity index (χ0n) is 12.3. The number of hydrogen-bond donors (Lipinski definition) is 2. The van der Waals surface area contributed by atoms with Crippen LogP contribution in [0.4, 0.5) is 0 Å². The van der Waals surface area contributed by atoms with Gasteiger partial charge in [0.05, 0.1) is 6.04 Å². The maximum atomic E-state index is 12.4. The fourth-order valence-electron chi connectivity index (χ4n) is 2.21. The molecule has 0 saturated heterocycles. The van der Waals surface area contributed by atoms with Gasteiger partial charge in [0.2, 0.25) is 0 Å². The molecule has 20 heavy (non-hydrogen) atoms. The van der Waals surface area contributed by atoms with Crippen LogP contribution in [0.1, 0.15) is 39.6 Å². The molecule has 1 unspecified atom stereocenters. The number of H-pyrrole nitrogens is 1. The van der Waals surface area contributed by atoms with Crippen molar-refractivity contribution in [3.8, 4) is 0 Å². The van der Waals surface area contributed by atoms with Crippen LogP contribution in [0.2, 0.25) is 0 Å². The summed E-state index contributed by atoms with van der Waals surface area (Å²) in [5, 5.41) is 0. The molecule has 7 heteroatoms. The van der Waals surface area contributed by atoms with Gasteiger partial charge in [0.15, 0.2) is 5.65 Å². The lowest BCUT2D eigenvalue weighted by molar-refractivity contribution is 0.491. The first kappa shape index (κ1) is 14.5. The summed E-state index contributed by atoms with van der Waals surface area (Å²) in [6, 6.07) is -0.320. The van der Waals surface area contributed by atoms with E-state index in [9.17, 15) is 9.59 Å². The number of rotatable bonds is 4. The molecule has 2 rings (SSSR count). The van der Waals surface area contributed by atoms with Crippen molar-refractivity contribution in [2.45, 2.75) is 46.8 Å². The van der Waals surface area contributed by atoms with Crippen LogP contribution in [0.25, 0.3) is 11.2 Å². The van der Waals surface area contributed by atoms with Gasteiger partial charge in [-0.05, 0) is 19.8 Å². The molecule has 0 aliphatic rings. The summed E-state index contributed by atoms with van der Waals surface area (Å²) in [5.41, 5.74) is 5.88. The number of nitrogens with two attached hydrogens (primary N) is 1. The minimum atomic E-state index is -0.341. The van der Waals surface area contributed by atoms with E-state index in [-0.39, 0.29) is 23.2 Å². The number of imidazole rings is 1. The molecule has 0 amide bonds. The van der Waals surface area contributed by atoms with E-state index in [4.69, 9.17) is 5.73 Å². The average molecular weight is 279 g/mol. The number of nitrogens with zero attached hydrogens (tertiary/aromatic N) is 3. The van der Waals surface area contributed by atoms with E-state index in [0.29, 0.717) is 30.1 Å². The standard InChI is InChI=1S/C13H21N5O2/c1-5-17-12(19)9-11(16-10(15-9)8(4)14)18(13(17)20)6-7(2)3/h7-8H,5-6,14H2,1-4H3,(H,15,16). The molecule has 3 N–H and O–H groups in total.